The smallest absolute Gasteiger partial charge is 0.192 e. The van der Waals surface area contributed by atoms with Crippen molar-refractivity contribution in [1.82, 2.24) is 9.80 Å². The molecule has 164 valence electrons. The highest BCUT2D eigenvalue weighted by molar-refractivity contribution is 6.74. The maximum atomic E-state index is 10.9. The second-order valence-corrected chi connectivity index (χ2v) is 21.6. The Kier molecular flexibility index (Phi) is 5.59. The summed E-state index contributed by atoms with van der Waals surface area (Å²) < 4.78 is 12.7. The molecule has 8 heteroatoms. The van der Waals surface area contributed by atoms with E-state index in [0.717, 1.165) is 0 Å². The third kappa shape index (κ3) is 3.79. The lowest BCUT2D eigenvalue weighted by molar-refractivity contribution is -0.0382. The van der Waals surface area contributed by atoms with E-state index in [9.17, 15) is 10.2 Å². The lowest BCUT2D eigenvalue weighted by Crippen LogP contribution is -2.42. The van der Waals surface area contributed by atoms with E-state index >= 15 is 0 Å². The Balaban J connectivity index is 1.55. The van der Waals surface area contributed by atoms with Crippen LogP contribution < -0.4 is 0 Å². The molecule has 0 aromatic carbocycles. The van der Waals surface area contributed by atoms with E-state index in [-0.39, 0.29) is 34.2 Å². The zero-order valence-corrected chi connectivity index (χ0v) is 21.5. The SMILES string of the molecule is CC(C)(C)[Si](C)(C)OC[C@@H]1[C@@H]2[C@H](O)N3[C@@H]([C@@H](O)N21)[C@H]3CO[Si](C)(C)C(C)(C)C. The van der Waals surface area contributed by atoms with Gasteiger partial charge in [-0.05, 0) is 36.3 Å². The molecule has 0 aliphatic carbocycles. The molecule has 28 heavy (non-hydrogen) atoms. The van der Waals surface area contributed by atoms with Crippen LogP contribution in [0, 0.1) is 0 Å². The Morgan fingerprint density at radius 3 is 1.21 bits per heavy atom. The minimum Gasteiger partial charge on any atom is -0.415 e. The predicted octanol–water partition coefficient (Wildman–Crippen LogP) is 2.79. The van der Waals surface area contributed by atoms with Crippen LogP contribution in [0.5, 0.6) is 0 Å². The maximum absolute atomic E-state index is 10.9. The maximum Gasteiger partial charge on any atom is 0.192 e. The van der Waals surface area contributed by atoms with Gasteiger partial charge in [-0.1, -0.05) is 41.5 Å². The summed E-state index contributed by atoms with van der Waals surface area (Å²) in [5.74, 6) is 0. The second-order valence-electron chi connectivity index (χ2n) is 12.0. The van der Waals surface area contributed by atoms with Gasteiger partial charge in [-0.25, -0.2) is 0 Å². The Morgan fingerprint density at radius 2 is 0.964 bits per heavy atom. The van der Waals surface area contributed by atoms with E-state index in [0.29, 0.717) is 13.2 Å². The van der Waals surface area contributed by atoms with Gasteiger partial charge >= 0.3 is 0 Å². The molecule has 0 radical (unpaired) electrons. The number of fused-ring (bicyclic) bond motifs is 2. The van der Waals surface area contributed by atoms with Gasteiger partial charge in [0.05, 0.1) is 37.4 Å². The lowest BCUT2D eigenvalue weighted by Gasteiger charge is -2.36. The number of rotatable bonds is 6. The fraction of sp³-hybridized carbons (Fsp3) is 1.00. The molecule has 3 rings (SSSR count). The molecule has 3 heterocycles. The van der Waals surface area contributed by atoms with Crippen LogP contribution >= 0.6 is 0 Å². The number of aliphatic hydroxyl groups is 2. The Bertz CT molecular complexity index is 530. The molecule has 3 aliphatic heterocycles. The first-order valence-corrected chi connectivity index (χ1v) is 16.5. The lowest BCUT2D eigenvalue weighted by atomic mass is 10.2. The molecule has 0 amide bonds. The molecular weight excluding hydrogens is 388 g/mol. The average molecular weight is 431 g/mol. The van der Waals surface area contributed by atoms with Crippen LogP contribution in [0.4, 0.5) is 0 Å². The Morgan fingerprint density at radius 1 is 0.679 bits per heavy atom. The van der Waals surface area contributed by atoms with Gasteiger partial charge in [0.1, 0.15) is 12.5 Å². The van der Waals surface area contributed by atoms with Crippen molar-refractivity contribution < 1.29 is 19.1 Å². The van der Waals surface area contributed by atoms with Crippen molar-refractivity contribution in [3.63, 3.8) is 0 Å². The Labute approximate surface area is 173 Å². The van der Waals surface area contributed by atoms with E-state index in [4.69, 9.17) is 8.85 Å². The number of aliphatic hydroxyl groups excluding tert-OH is 2. The minimum absolute atomic E-state index is 0.0195. The van der Waals surface area contributed by atoms with Crippen molar-refractivity contribution in [2.24, 2.45) is 0 Å². The van der Waals surface area contributed by atoms with Crippen molar-refractivity contribution in [2.45, 2.75) is 114 Å². The molecule has 3 fully saturated rings. The molecule has 8 atom stereocenters. The zero-order valence-electron chi connectivity index (χ0n) is 19.5. The van der Waals surface area contributed by atoms with Crippen LogP contribution in [-0.4, -0.2) is 86.5 Å². The largest absolute Gasteiger partial charge is 0.415 e. The molecule has 3 aliphatic rings. The molecule has 2 N–H and O–H groups in total. The third-order valence-electron chi connectivity index (χ3n) is 8.13. The summed E-state index contributed by atoms with van der Waals surface area (Å²) in [6.07, 6.45) is -1.07. The van der Waals surface area contributed by atoms with Gasteiger partial charge in [-0.15, -0.1) is 0 Å². The predicted molar refractivity (Wildman–Crippen MR) is 117 cm³/mol. The van der Waals surface area contributed by atoms with Crippen LogP contribution in [0.15, 0.2) is 0 Å². The molecule has 2 unspecified atom stereocenters. The molecule has 0 aromatic rings. The summed E-state index contributed by atoms with van der Waals surface area (Å²) in [4.78, 5) is 4.09. The van der Waals surface area contributed by atoms with Gasteiger partial charge < -0.3 is 19.1 Å². The topological polar surface area (TPSA) is 64.9 Å². The van der Waals surface area contributed by atoms with Gasteiger partial charge in [-0.2, -0.15) is 0 Å². The van der Waals surface area contributed by atoms with Crippen molar-refractivity contribution in [3.8, 4) is 0 Å². The quantitative estimate of drug-likeness (QED) is 0.499. The molecule has 0 spiro atoms. The molecule has 0 bridgehead atoms. The highest BCUT2D eigenvalue weighted by Crippen LogP contribution is 2.51. The summed E-state index contributed by atoms with van der Waals surface area (Å²) in [5.41, 5.74) is 0. The summed E-state index contributed by atoms with van der Waals surface area (Å²) >= 11 is 0. The highest BCUT2D eigenvalue weighted by atomic mass is 28.4. The summed E-state index contributed by atoms with van der Waals surface area (Å²) in [6, 6.07) is 0.200. The normalized spacial score (nSPS) is 40.7. The fourth-order valence-electron chi connectivity index (χ4n) is 3.83. The van der Waals surface area contributed by atoms with Crippen LogP contribution in [0.25, 0.3) is 0 Å². The van der Waals surface area contributed by atoms with Crippen molar-refractivity contribution in [1.29, 1.82) is 0 Å². The summed E-state index contributed by atoms with van der Waals surface area (Å²) in [5, 5.41) is 22.0. The summed E-state index contributed by atoms with van der Waals surface area (Å²) in [6.45, 7) is 23.6. The minimum atomic E-state index is -1.83. The number of hydrogen-bond acceptors (Lipinski definition) is 6. The standard InChI is InChI=1S/C20H42N2O4Si2/c1-19(2,3)27(7,8)25-11-13-15-17(23)22-14(16(22)18(24)21(13)15)12-26-28(9,10)20(4,5)6/h13-18,23-24H,11-12H2,1-10H3/t13-,14-,15-,16-,17-,18+,21?,22?/m1/s1. The first kappa shape index (κ1) is 22.9. The van der Waals surface area contributed by atoms with E-state index in [2.05, 4.69) is 67.7 Å². The number of piperazine rings is 1. The van der Waals surface area contributed by atoms with Gasteiger partial charge in [0, 0.05) is 0 Å². The van der Waals surface area contributed by atoms with Gasteiger partial charge in [-0.3, -0.25) is 9.80 Å². The summed E-state index contributed by atoms with van der Waals surface area (Å²) in [7, 11) is -3.65. The second kappa shape index (κ2) is 6.85. The van der Waals surface area contributed by atoms with Crippen molar-refractivity contribution >= 4 is 16.6 Å². The molecule has 0 aromatic heterocycles. The molecule has 0 saturated carbocycles. The van der Waals surface area contributed by atoms with Crippen molar-refractivity contribution in [2.75, 3.05) is 13.2 Å². The van der Waals surface area contributed by atoms with Crippen LogP contribution in [-0.2, 0) is 8.85 Å². The van der Waals surface area contributed by atoms with Gasteiger partial charge in [0.15, 0.2) is 16.6 Å². The van der Waals surface area contributed by atoms with E-state index in [1.54, 1.807) is 0 Å². The monoisotopic (exact) mass is 430 g/mol. The zero-order chi connectivity index (χ0) is 21.4. The van der Waals surface area contributed by atoms with Crippen LogP contribution in [0.1, 0.15) is 41.5 Å². The van der Waals surface area contributed by atoms with Crippen LogP contribution in [0.3, 0.4) is 0 Å². The van der Waals surface area contributed by atoms with E-state index in [1.807, 2.05) is 9.80 Å². The number of hydrogen-bond donors (Lipinski definition) is 2. The van der Waals surface area contributed by atoms with Gasteiger partial charge in [0.2, 0.25) is 0 Å². The first-order valence-electron chi connectivity index (χ1n) is 10.7. The first-order chi connectivity index (χ1) is 12.5. The highest BCUT2D eigenvalue weighted by Gasteiger charge is 2.72. The van der Waals surface area contributed by atoms with Crippen LogP contribution in [0.2, 0.25) is 36.3 Å². The third-order valence-corrected chi connectivity index (χ3v) is 17.1. The van der Waals surface area contributed by atoms with E-state index < -0.39 is 29.1 Å². The average Bonchev–Trinajstić information content (AvgIpc) is 3.39. The molecular formula is C20H42N2O4Si2. The molecule has 3 saturated heterocycles. The van der Waals surface area contributed by atoms with E-state index in [1.165, 1.54) is 0 Å². The fourth-order valence-corrected chi connectivity index (χ4v) is 5.87. The van der Waals surface area contributed by atoms with Gasteiger partial charge in [0.25, 0.3) is 0 Å². The number of nitrogens with zero attached hydrogens (tertiary/aromatic N) is 2. The van der Waals surface area contributed by atoms with Crippen molar-refractivity contribution in [3.05, 3.63) is 0 Å². The molecule has 6 nitrogen and oxygen atoms in total. The Hall–Kier alpha value is 0.194.